The van der Waals surface area contributed by atoms with Gasteiger partial charge in [-0.2, -0.15) is 0 Å². The number of amides is 4. The zero-order valence-corrected chi connectivity index (χ0v) is 22.0. The molecule has 0 aromatic carbocycles. The first-order chi connectivity index (χ1) is 16.8. The highest BCUT2D eigenvalue weighted by molar-refractivity contribution is 5.82. The van der Waals surface area contributed by atoms with Gasteiger partial charge in [0.25, 0.3) is 0 Å². The molecule has 2 fully saturated rings. The van der Waals surface area contributed by atoms with Crippen LogP contribution in [0.1, 0.15) is 84.5 Å². The van der Waals surface area contributed by atoms with E-state index in [-0.39, 0.29) is 12.5 Å². The van der Waals surface area contributed by atoms with Gasteiger partial charge in [-0.1, -0.05) is 51.9 Å². The molecular formula is C25H48N4O6. The summed E-state index contributed by atoms with van der Waals surface area (Å²) in [5.41, 5.74) is 4.54. The van der Waals surface area contributed by atoms with Gasteiger partial charge in [0.2, 0.25) is 12.3 Å². The number of nitrogens with two attached hydrogens (primary N) is 1. The van der Waals surface area contributed by atoms with Gasteiger partial charge in [-0.3, -0.25) is 14.8 Å². The number of hydroxylamine groups is 2. The molecule has 0 aromatic rings. The fraction of sp³-hybridized carbons (Fsp3) is 0.840. The molecule has 2 atom stereocenters. The molecule has 1 saturated carbocycles. The third-order valence-electron chi connectivity index (χ3n) is 6.32. The van der Waals surface area contributed by atoms with Crippen molar-refractivity contribution < 1.29 is 29.1 Å². The Morgan fingerprint density at radius 3 is 2.17 bits per heavy atom. The Morgan fingerprint density at radius 2 is 1.74 bits per heavy atom. The van der Waals surface area contributed by atoms with E-state index in [2.05, 4.69) is 11.1 Å². The van der Waals surface area contributed by atoms with Gasteiger partial charge >= 0.3 is 6.03 Å². The highest BCUT2D eigenvalue weighted by atomic mass is 16.5. The lowest BCUT2D eigenvalue weighted by Crippen LogP contribution is -2.46. The van der Waals surface area contributed by atoms with E-state index in [9.17, 15) is 24.4 Å². The summed E-state index contributed by atoms with van der Waals surface area (Å²) in [4.78, 5) is 46.0. The van der Waals surface area contributed by atoms with Gasteiger partial charge < -0.3 is 25.5 Å². The Bertz CT molecular complexity index is 575. The molecule has 1 heterocycles. The Kier molecular flexibility index (Phi) is 19.8. The van der Waals surface area contributed by atoms with Crippen molar-refractivity contribution in [1.29, 1.82) is 0 Å². The van der Waals surface area contributed by atoms with Crippen LogP contribution in [0.3, 0.4) is 0 Å². The average molecular weight is 501 g/mol. The molecule has 35 heavy (non-hydrogen) atoms. The zero-order valence-electron chi connectivity index (χ0n) is 22.0. The van der Waals surface area contributed by atoms with Crippen molar-refractivity contribution in [2.75, 3.05) is 33.4 Å². The number of ether oxygens (including phenoxy) is 1. The number of carbonyl (C=O) groups excluding carboxylic acids is 4. The van der Waals surface area contributed by atoms with Crippen molar-refractivity contribution in [3.8, 4) is 0 Å². The van der Waals surface area contributed by atoms with Crippen LogP contribution in [0.25, 0.3) is 0 Å². The molecule has 0 bridgehead atoms. The van der Waals surface area contributed by atoms with Gasteiger partial charge in [0, 0.05) is 26.8 Å². The van der Waals surface area contributed by atoms with Crippen LogP contribution in [0.5, 0.6) is 0 Å². The number of nitrogens with one attached hydrogen (secondary N) is 1. The second-order valence-corrected chi connectivity index (χ2v) is 9.20. The Morgan fingerprint density at radius 1 is 1.14 bits per heavy atom. The van der Waals surface area contributed by atoms with Crippen molar-refractivity contribution in [2.24, 2.45) is 17.6 Å². The van der Waals surface area contributed by atoms with Crippen molar-refractivity contribution in [3.05, 3.63) is 0 Å². The smallest absolute Gasteiger partial charge is 0.311 e. The summed E-state index contributed by atoms with van der Waals surface area (Å²) in [6, 6.07) is -0.982. The average Bonchev–Trinajstić information content (AvgIpc) is 3.60. The molecule has 0 spiro atoms. The fourth-order valence-corrected chi connectivity index (χ4v) is 4.17. The van der Waals surface area contributed by atoms with Crippen LogP contribution in [0.2, 0.25) is 0 Å². The van der Waals surface area contributed by atoms with Gasteiger partial charge in [-0.15, -0.1) is 0 Å². The quantitative estimate of drug-likeness (QED) is 0.201. The maximum Gasteiger partial charge on any atom is 0.311 e. The number of urea groups is 1. The molecule has 2 unspecified atom stereocenters. The van der Waals surface area contributed by atoms with E-state index in [4.69, 9.17) is 4.74 Å². The van der Waals surface area contributed by atoms with E-state index in [1.54, 1.807) is 11.8 Å². The lowest BCUT2D eigenvalue weighted by atomic mass is 9.94. The van der Waals surface area contributed by atoms with E-state index < -0.39 is 18.0 Å². The van der Waals surface area contributed by atoms with Crippen LogP contribution in [-0.2, 0) is 19.1 Å². The minimum atomic E-state index is -0.495. The molecule has 204 valence electrons. The van der Waals surface area contributed by atoms with E-state index in [0.29, 0.717) is 24.4 Å². The van der Waals surface area contributed by atoms with Crippen molar-refractivity contribution in [1.82, 2.24) is 15.3 Å². The normalized spacial score (nSPS) is 16.6. The SMILES string of the molecule is C1CCOC1.CCCCN(C(=O)C(CCCC1CCCC1)CN(O)C=O)C(C)C=O.CNC(N)=O. The Balaban J connectivity index is 0.000000952. The second-order valence-electron chi connectivity index (χ2n) is 9.20. The molecule has 0 aromatic heterocycles. The number of unbranched alkanes of at least 4 members (excludes halogenated alkanes) is 1. The highest BCUT2D eigenvalue weighted by Gasteiger charge is 2.29. The lowest BCUT2D eigenvalue weighted by molar-refractivity contribution is -0.158. The summed E-state index contributed by atoms with van der Waals surface area (Å²) < 4.78 is 4.94. The molecule has 1 aliphatic heterocycles. The third kappa shape index (κ3) is 16.2. The van der Waals surface area contributed by atoms with E-state index in [1.807, 2.05) is 6.92 Å². The summed E-state index contributed by atoms with van der Waals surface area (Å²) in [7, 11) is 1.47. The summed E-state index contributed by atoms with van der Waals surface area (Å²) in [6.45, 7) is 6.27. The highest BCUT2D eigenvalue weighted by Crippen LogP contribution is 2.30. The van der Waals surface area contributed by atoms with Gasteiger partial charge in [0.15, 0.2) is 0 Å². The van der Waals surface area contributed by atoms with Gasteiger partial charge in [-0.25, -0.2) is 9.86 Å². The Hall–Kier alpha value is -2.20. The molecule has 2 rings (SSSR count). The summed E-state index contributed by atoms with van der Waals surface area (Å²) in [6.07, 6.45) is 13.2. The molecule has 4 N–H and O–H groups in total. The fourth-order valence-electron chi connectivity index (χ4n) is 4.17. The zero-order chi connectivity index (χ0) is 26.5. The second kappa shape index (κ2) is 21.1. The largest absolute Gasteiger partial charge is 0.381 e. The standard InChI is InChI=1S/C19H34N2O4.C4H8O.C2H6N2O/c1-3-4-12-21(16(2)14-22)19(24)18(13-20(25)15-23)11-7-10-17-8-5-6-9-17;1-2-4-5-3-1;1-4-2(3)5/h14-18,25H,3-13H2,1-2H3;1-4H2;1H3,(H3,3,4,5). The van der Waals surface area contributed by atoms with Gasteiger partial charge in [0.05, 0.1) is 18.5 Å². The van der Waals surface area contributed by atoms with Crippen LogP contribution in [0.4, 0.5) is 4.79 Å². The molecular weight excluding hydrogens is 452 g/mol. The van der Waals surface area contributed by atoms with Gasteiger partial charge in [-0.05, 0) is 38.5 Å². The van der Waals surface area contributed by atoms with Crippen LogP contribution >= 0.6 is 0 Å². The number of hydrogen-bond acceptors (Lipinski definition) is 6. The summed E-state index contributed by atoms with van der Waals surface area (Å²) in [5, 5.41) is 12.3. The van der Waals surface area contributed by atoms with Crippen LogP contribution < -0.4 is 11.1 Å². The van der Waals surface area contributed by atoms with Crippen LogP contribution in [-0.4, -0.2) is 79.2 Å². The number of hydrogen-bond donors (Lipinski definition) is 3. The minimum Gasteiger partial charge on any atom is -0.381 e. The van der Waals surface area contributed by atoms with E-state index >= 15 is 0 Å². The van der Waals surface area contributed by atoms with Crippen molar-refractivity contribution >= 4 is 24.6 Å². The number of carbonyl (C=O) groups is 4. The van der Waals surface area contributed by atoms with Crippen LogP contribution in [0.15, 0.2) is 0 Å². The lowest BCUT2D eigenvalue weighted by Gasteiger charge is -2.31. The molecule has 0 radical (unpaired) electrons. The predicted octanol–water partition coefficient (Wildman–Crippen LogP) is 3.11. The number of primary amides is 1. The molecule has 4 amide bonds. The summed E-state index contributed by atoms with van der Waals surface area (Å²) in [5.74, 6) is 0.147. The maximum absolute atomic E-state index is 12.9. The maximum atomic E-state index is 12.9. The summed E-state index contributed by atoms with van der Waals surface area (Å²) >= 11 is 0. The van der Waals surface area contributed by atoms with E-state index in [1.165, 1.54) is 45.6 Å². The minimum absolute atomic E-state index is 0.0127. The van der Waals surface area contributed by atoms with E-state index in [0.717, 1.165) is 51.1 Å². The number of rotatable bonds is 13. The van der Waals surface area contributed by atoms with Crippen molar-refractivity contribution in [3.63, 3.8) is 0 Å². The third-order valence-corrected chi connectivity index (χ3v) is 6.32. The first-order valence-electron chi connectivity index (χ1n) is 13.0. The topological polar surface area (TPSA) is 142 Å². The molecule has 10 nitrogen and oxygen atoms in total. The molecule has 1 aliphatic carbocycles. The number of aldehydes is 1. The number of nitrogens with zero attached hydrogens (tertiary/aromatic N) is 2. The first kappa shape index (κ1) is 32.8. The molecule has 1 saturated heterocycles. The van der Waals surface area contributed by atoms with Crippen molar-refractivity contribution in [2.45, 2.75) is 90.5 Å². The first-order valence-corrected chi connectivity index (χ1v) is 13.0. The monoisotopic (exact) mass is 500 g/mol. The Labute approximate surface area is 210 Å². The predicted molar refractivity (Wildman–Crippen MR) is 135 cm³/mol. The molecule has 10 heteroatoms. The molecule has 2 aliphatic rings. The van der Waals surface area contributed by atoms with Gasteiger partial charge in [0.1, 0.15) is 6.29 Å². The van der Waals surface area contributed by atoms with Crippen LogP contribution in [0, 0.1) is 11.8 Å².